The van der Waals surface area contributed by atoms with Crippen molar-refractivity contribution in [1.29, 1.82) is 0 Å². The fourth-order valence-corrected chi connectivity index (χ4v) is 3.28. The van der Waals surface area contributed by atoms with E-state index in [1.807, 2.05) is 19.1 Å². The molecule has 0 saturated heterocycles. The van der Waals surface area contributed by atoms with Crippen LogP contribution >= 0.6 is 0 Å². The number of carbonyl (C=O) groups is 2. The zero-order chi connectivity index (χ0) is 18.7. The Kier molecular flexibility index (Phi) is 5.72. The molecule has 1 amide bonds. The molecule has 1 fully saturated rings. The smallest absolute Gasteiger partial charge is 0.330 e. The number of benzene rings is 1. The van der Waals surface area contributed by atoms with Crippen LogP contribution in [0, 0.1) is 5.41 Å². The predicted molar refractivity (Wildman–Crippen MR) is 93.6 cm³/mol. The van der Waals surface area contributed by atoms with E-state index < -0.39 is 22.8 Å². The van der Waals surface area contributed by atoms with Gasteiger partial charge in [0.25, 0.3) is 5.91 Å². The molecule has 0 radical (unpaired) electrons. The van der Waals surface area contributed by atoms with Gasteiger partial charge < -0.3 is 19.9 Å². The lowest BCUT2D eigenvalue weighted by atomic mass is 9.54. The van der Waals surface area contributed by atoms with Crippen molar-refractivity contribution in [2.24, 2.45) is 5.41 Å². The minimum absolute atomic E-state index is 0.198. The molecule has 2 unspecified atom stereocenters. The van der Waals surface area contributed by atoms with Gasteiger partial charge in [0.1, 0.15) is 11.3 Å². The zero-order valence-corrected chi connectivity index (χ0v) is 15.3. The number of carboxylic acid groups (broad SMARTS) is 1. The van der Waals surface area contributed by atoms with Crippen LogP contribution in [0.15, 0.2) is 24.3 Å². The second kappa shape index (κ2) is 7.44. The molecule has 2 N–H and O–H groups in total. The van der Waals surface area contributed by atoms with Crippen molar-refractivity contribution < 1.29 is 24.2 Å². The van der Waals surface area contributed by atoms with Crippen LogP contribution < -0.4 is 10.1 Å². The molecular formula is C19H27NO5. The van der Waals surface area contributed by atoms with Gasteiger partial charge in [-0.2, -0.15) is 0 Å². The summed E-state index contributed by atoms with van der Waals surface area (Å²) in [5, 5.41) is 12.3. The molecule has 0 spiro atoms. The summed E-state index contributed by atoms with van der Waals surface area (Å²) in [6, 6.07) is 7.48. The summed E-state index contributed by atoms with van der Waals surface area (Å²) >= 11 is 0. The van der Waals surface area contributed by atoms with Gasteiger partial charge in [-0.1, -0.05) is 32.9 Å². The van der Waals surface area contributed by atoms with E-state index in [0.717, 1.165) is 6.42 Å². The van der Waals surface area contributed by atoms with Crippen molar-refractivity contribution >= 4 is 11.9 Å². The van der Waals surface area contributed by atoms with Crippen molar-refractivity contribution in [1.82, 2.24) is 5.32 Å². The SMILES string of the molecule is CCOC1CC(NC(=O)COc2ccc(CC)cc2)(C(=O)O)C1(C)C. The lowest BCUT2D eigenvalue weighted by Crippen LogP contribution is -2.76. The molecule has 1 aliphatic carbocycles. The number of aliphatic carboxylic acids is 1. The van der Waals surface area contributed by atoms with Crippen LogP contribution in [0.25, 0.3) is 0 Å². The first-order chi connectivity index (χ1) is 11.8. The van der Waals surface area contributed by atoms with Gasteiger partial charge in [0, 0.05) is 18.4 Å². The standard InChI is InChI=1S/C19H27NO5/c1-5-13-7-9-14(10-8-13)25-12-16(21)20-19(17(22)23)11-15(24-6-2)18(19,3)4/h7-10,15H,5-6,11-12H2,1-4H3,(H,20,21)(H,22,23). The van der Waals surface area contributed by atoms with Crippen molar-refractivity contribution in [3.63, 3.8) is 0 Å². The van der Waals surface area contributed by atoms with Crippen LogP contribution in [0.1, 0.15) is 39.7 Å². The van der Waals surface area contributed by atoms with Crippen LogP contribution in [-0.4, -0.2) is 41.8 Å². The molecule has 1 aliphatic rings. The van der Waals surface area contributed by atoms with Crippen LogP contribution in [0.4, 0.5) is 0 Å². The Balaban J connectivity index is 1.98. The molecule has 6 heteroatoms. The molecule has 1 saturated carbocycles. The third-order valence-electron chi connectivity index (χ3n) is 5.18. The van der Waals surface area contributed by atoms with E-state index in [-0.39, 0.29) is 19.1 Å². The van der Waals surface area contributed by atoms with Crippen LogP contribution in [0.2, 0.25) is 0 Å². The average Bonchev–Trinajstić information content (AvgIpc) is 2.59. The lowest BCUT2D eigenvalue weighted by Gasteiger charge is -2.58. The molecule has 0 heterocycles. The molecular weight excluding hydrogens is 322 g/mol. The highest BCUT2D eigenvalue weighted by Gasteiger charge is 2.66. The van der Waals surface area contributed by atoms with Gasteiger partial charge in [-0.25, -0.2) is 4.79 Å². The number of amides is 1. The normalized spacial score (nSPS) is 24.2. The molecule has 25 heavy (non-hydrogen) atoms. The van der Waals surface area contributed by atoms with Crippen LogP contribution in [0.5, 0.6) is 5.75 Å². The monoisotopic (exact) mass is 349 g/mol. The van der Waals surface area contributed by atoms with Gasteiger partial charge >= 0.3 is 5.97 Å². The van der Waals surface area contributed by atoms with Crippen LogP contribution in [-0.2, 0) is 20.7 Å². The third kappa shape index (κ3) is 3.63. The first-order valence-electron chi connectivity index (χ1n) is 8.64. The molecule has 1 aromatic carbocycles. The van der Waals surface area contributed by atoms with E-state index in [9.17, 15) is 14.7 Å². The summed E-state index contributed by atoms with van der Waals surface area (Å²) in [7, 11) is 0. The van der Waals surface area contributed by atoms with E-state index >= 15 is 0 Å². The van der Waals surface area contributed by atoms with Crippen molar-refractivity contribution in [3.05, 3.63) is 29.8 Å². The number of rotatable bonds is 8. The Bertz CT molecular complexity index is 625. The van der Waals surface area contributed by atoms with Crippen molar-refractivity contribution in [2.45, 2.75) is 52.2 Å². The maximum absolute atomic E-state index is 12.3. The molecule has 2 rings (SSSR count). The van der Waals surface area contributed by atoms with Gasteiger partial charge in [-0.05, 0) is 31.0 Å². The molecule has 0 aromatic heterocycles. The summed E-state index contributed by atoms with van der Waals surface area (Å²) in [4.78, 5) is 24.1. The van der Waals surface area contributed by atoms with E-state index in [2.05, 4.69) is 12.2 Å². The first kappa shape index (κ1) is 19.2. The second-order valence-corrected chi connectivity index (χ2v) is 6.91. The zero-order valence-electron chi connectivity index (χ0n) is 15.3. The van der Waals surface area contributed by atoms with Gasteiger partial charge in [0.05, 0.1) is 6.10 Å². The number of carbonyl (C=O) groups excluding carboxylic acids is 1. The lowest BCUT2D eigenvalue weighted by molar-refractivity contribution is -0.194. The molecule has 0 bridgehead atoms. The molecule has 2 atom stereocenters. The Morgan fingerprint density at radius 1 is 1.24 bits per heavy atom. The molecule has 0 aliphatic heterocycles. The third-order valence-corrected chi connectivity index (χ3v) is 5.18. The Labute approximate surface area is 148 Å². The topological polar surface area (TPSA) is 84.9 Å². The predicted octanol–water partition coefficient (Wildman–Crippen LogP) is 2.40. The highest BCUT2D eigenvalue weighted by molar-refractivity contribution is 5.90. The van der Waals surface area contributed by atoms with Crippen LogP contribution in [0.3, 0.4) is 0 Å². The number of hydrogen-bond acceptors (Lipinski definition) is 4. The quantitative estimate of drug-likeness (QED) is 0.753. The van der Waals surface area contributed by atoms with E-state index in [1.165, 1.54) is 5.56 Å². The largest absolute Gasteiger partial charge is 0.484 e. The van der Waals surface area contributed by atoms with E-state index in [4.69, 9.17) is 9.47 Å². The fourth-order valence-electron chi connectivity index (χ4n) is 3.28. The molecule has 1 aromatic rings. The number of aryl methyl sites for hydroxylation is 1. The van der Waals surface area contributed by atoms with Crippen molar-refractivity contribution in [3.8, 4) is 5.75 Å². The minimum atomic E-state index is -1.33. The van der Waals surface area contributed by atoms with Gasteiger partial charge in [-0.3, -0.25) is 4.79 Å². The fraction of sp³-hybridized carbons (Fsp3) is 0.579. The van der Waals surface area contributed by atoms with Gasteiger partial charge in [0.2, 0.25) is 0 Å². The number of ether oxygens (including phenoxy) is 2. The second-order valence-electron chi connectivity index (χ2n) is 6.91. The van der Waals surface area contributed by atoms with Gasteiger partial charge in [0.15, 0.2) is 6.61 Å². The highest BCUT2D eigenvalue weighted by atomic mass is 16.5. The Hall–Kier alpha value is -2.08. The Morgan fingerprint density at radius 2 is 1.88 bits per heavy atom. The summed E-state index contributed by atoms with van der Waals surface area (Å²) in [5.74, 6) is -0.920. The van der Waals surface area contributed by atoms with Crippen molar-refractivity contribution in [2.75, 3.05) is 13.2 Å². The van der Waals surface area contributed by atoms with E-state index in [0.29, 0.717) is 12.4 Å². The highest BCUT2D eigenvalue weighted by Crippen LogP contribution is 2.51. The number of carboxylic acids is 1. The minimum Gasteiger partial charge on any atom is -0.484 e. The number of nitrogens with one attached hydrogen (secondary N) is 1. The summed E-state index contributed by atoms with van der Waals surface area (Å²) in [6.45, 7) is 7.81. The Morgan fingerprint density at radius 3 is 2.36 bits per heavy atom. The number of hydrogen-bond donors (Lipinski definition) is 2. The summed E-state index contributed by atoms with van der Waals surface area (Å²) in [5.41, 5.74) is -0.855. The first-order valence-corrected chi connectivity index (χ1v) is 8.64. The van der Waals surface area contributed by atoms with Gasteiger partial charge in [-0.15, -0.1) is 0 Å². The molecule has 138 valence electrons. The summed E-state index contributed by atoms with van der Waals surface area (Å²) in [6.07, 6.45) is 0.981. The van der Waals surface area contributed by atoms with E-state index in [1.54, 1.807) is 26.0 Å². The maximum Gasteiger partial charge on any atom is 0.330 e. The maximum atomic E-state index is 12.3. The summed E-state index contributed by atoms with van der Waals surface area (Å²) < 4.78 is 11.1. The molecule has 6 nitrogen and oxygen atoms in total. The average molecular weight is 349 g/mol.